The van der Waals surface area contributed by atoms with E-state index >= 15 is 0 Å². The molecule has 1 aliphatic carbocycles. The Labute approximate surface area is 77.9 Å². The molecule has 1 heteroatoms. The Bertz CT molecular complexity index is 367. The number of thiophene rings is 1. The molecule has 1 heterocycles. The molecule has 0 aromatic carbocycles. The number of hydrogen-bond donors (Lipinski definition) is 0. The minimum atomic E-state index is 1.19. The molecule has 0 saturated heterocycles. The van der Waals surface area contributed by atoms with Gasteiger partial charge in [-0.2, -0.15) is 0 Å². The van der Waals surface area contributed by atoms with Crippen LogP contribution in [0.2, 0.25) is 0 Å². The van der Waals surface area contributed by atoms with Gasteiger partial charge in [-0.3, -0.25) is 0 Å². The quantitative estimate of drug-likeness (QED) is 0.568. The fourth-order valence-electron chi connectivity index (χ4n) is 1.90. The van der Waals surface area contributed by atoms with E-state index in [9.17, 15) is 0 Å². The molecule has 0 amide bonds. The van der Waals surface area contributed by atoms with Crippen molar-refractivity contribution in [2.75, 3.05) is 0 Å². The van der Waals surface area contributed by atoms with Gasteiger partial charge < -0.3 is 0 Å². The fourth-order valence-corrected chi connectivity index (χ4v) is 3.22. The summed E-state index contributed by atoms with van der Waals surface area (Å²) in [5, 5.41) is 0. The first-order valence-corrected chi connectivity index (χ1v) is 5.18. The Balaban J connectivity index is 2.67. The number of fused-ring (bicyclic) bond motifs is 1. The normalized spacial score (nSPS) is 15.7. The molecule has 1 aromatic rings. The first-order valence-electron chi connectivity index (χ1n) is 4.37. The summed E-state index contributed by atoms with van der Waals surface area (Å²) >= 11 is 1.97. The van der Waals surface area contributed by atoms with Crippen molar-refractivity contribution in [3.63, 3.8) is 0 Å². The number of allylic oxidation sites excluding steroid dienone is 2. The van der Waals surface area contributed by atoms with E-state index in [2.05, 4.69) is 27.7 Å². The van der Waals surface area contributed by atoms with Crippen LogP contribution in [0.25, 0.3) is 5.57 Å². The lowest BCUT2D eigenvalue weighted by molar-refractivity contribution is 1.23. The van der Waals surface area contributed by atoms with E-state index in [0.29, 0.717) is 0 Å². The van der Waals surface area contributed by atoms with Gasteiger partial charge in [-0.1, -0.05) is 5.57 Å². The molecular weight excluding hydrogens is 164 g/mol. The summed E-state index contributed by atoms with van der Waals surface area (Å²) < 4.78 is 0. The van der Waals surface area contributed by atoms with Crippen LogP contribution in [0.3, 0.4) is 0 Å². The van der Waals surface area contributed by atoms with E-state index in [0.717, 1.165) is 0 Å². The predicted molar refractivity (Wildman–Crippen MR) is 55.8 cm³/mol. The van der Waals surface area contributed by atoms with Gasteiger partial charge in [0, 0.05) is 16.2 Å². The minimum absolute atomic E-state index is 1.19. The third kappa shape index (κ3) is 0.893. The smallest absolute Gasteiger partial charge is 0.0166 e. The van der Waals surface area contributed by atoms with Crippen molar-refractivity contribution in [3.05, 3.63) is 26.5 Å². The Kier molecular flexibility index (Phi) is 1.65. The molecule has 64 valence electrons. The molecule has 0 radical (unpaired) electrons. The van der Waals surface area contributed by atoms with Gasteiger partial charge in [-0.25, -0.2) is 0 Å². The van der Waals surface area contributed by atoms with Gasteiger partial charge in [-0.05, 0) is 44.4 Å². The summed E-state index contributed by atoms with van der Waals surface area (Å²) in [6.07, 6.45) is 1.19. The second-order valence-corrected chi connectivity index (χ2v) is 4.97. The molecule has 0 unspecified atom stereocenters. The first kappa shape index (κ1) is 8.06. The van der Waals surface area contributed by atoms with Gasteiger partial charge >= 0.3 is 0 Å². The van der Waals surface area contributed by atoms with Crippen LogP contribution in [-0.2, 0) is 6.42 Å². The van der Waals surface area contributed by atoms with Crippen molar-refractivity contribution < 1.29 is 0 Å². The summed E-state index contributed by atoms with van der Waals surface area (Å²) in [6, 6.07) is 0. The molecule has 0 nitrogen and oxygen atoms in total. The second-order valence-electron chi connectivity index (χ2n) is 3.66. The van der Waals surface area contributed by atoms with Gasteiger partial charge in [0.2, 0.25) is 0 Å². The highest BCUT2D eigenvalue weighted by atomic mass is 32.1. The maximum atomic E-state index is 2.25. The van der Waals surface area contributed by atoms with E-state index in [4.69, 9.17) is 0 Å². The zero-order chi connectivity index (χ0) is 8.88. The van der Waals surface area contributed by atoms with E-state index in [1.54, 1.807) is 16.0 Å². The van der Waals surface area contributed by atoms with Crippen LogP contribution >= 0.6 is 11.3 Å². The van der Waals surface area contributed by atoms with Crippen LogP contribution in [0.15, 0.2) is 5.57 Å². The van der Waals surface area contributed by atoms with Crippen molar-refractivity contribution in [2.45, 2.75) is 34.1 Å². The van der Waals surface area contributed by atoms with Crippen molar-refractivity contribution in [2.24, 2.45) is 0 Å². The third-order valence-electron chi connectivity index (χ3n) is 2.90. The molecule has 0 saturated carbocycles. The van der Waals surface area contributed by atoms with Crippen molar-refractivity contribution in [3.8, 4) is 0 Å². The van der Waals surface area contributed by atoms with Gasteiger partial charge in [0.15, 0.2) is 0 Å². The van der Waals surface area contributed by atoms with Crippen molar-refractivity contribution in [1.82, 2.24) is 0 Å². The molecule has 1 aromatic heterocycles. The van der Waals surface area contributed by atoms with Gasteiger partial charge in [0.05, 0.1) is 0 Å². The monoisotopic (exact) mass is 178 g/mol. The van der Waals surface area contributed by atoms with E-state index < -0.39 is 0 Å². The molecule has 0 bridgehead atoms. The molecule has 0 aliphatic heterocycles. The average molecular weight is 178 g/mol. The lowest BCUT2D eigenvalue weighted by Gasteiger charge is -1.98. The van der Waals surface area contributed by atoms with Crippen LogP contribution < -0.4 is 0 Å². The first-order chi connectivity index (χ1) is 5.61. The maximum Gasteiger partial charge on any atom is 0.0166 e. The zero-order valence-electron chi connectivity index (χ0n) is 8.12. The fraction of sp³-hybridized carbons (Fsp3) is 0.455. The van der Waals surface area contributed by atoms with Gasteiger partial charge in [0.1, 0.15) is 0 Å². The molecule has 1 aliphatic rings. The van der Waals surface area contributed by atoms with E-state index in [-0.39, 0.29) is 0 Å². The summed E-state index contributed by atoms with van der Waals surface area (Å²) in [6.45, 7) is 8.96. The van der Waals surface area contributed by atoms with Gasteiger partial charge in [-0.15, -0.1) is 11.3 Å². The van der Waals surface area contributed by atoms with Crippen LogP contribution in [-0.4, -0.2) is 0 Å². The van der Waals surface area contributed by atoms with Crippen LogP contribution in [0.1, 0.15) is 34.7 Å². The van der Waals surface area contributed by atoms with Gasteiger partial charge in [0.25, 0.3) is 0 Å². The lowest BCUT2D eigenvalue weighted by atomic mass is 10.1. The largest absolute Gasteiger partial charge is 0.144 e. The second kappa shape index (κ2) is 2.46. The molecular formula is C11H14S. The Hall–Kier alpha value is -0.560. The third-order valence-corrected chi connectivity index (χ3v) is 4.11. The van der Waals surface area contributed by atoms with Crippen LogP contribution in [0, 0.1) is 13.8 Å². The maximum absolute atomic E-state index is 2.25. The molecule has 0 spiro atoms. The topological polar surface area (TPSA) is 0 Å². The molecule has 0 atom stereocenters. The highest BCUT2D eigenvalue weighted by Crippen LogP contribution is 2.40. The lowest BCUT2D eigenvalue weighted by Crippen LogP contribution is -1.79. The standard InChI is InChI=1S/C11H14S/c1-6-5-10-11(7(6)2)8(3)9(4)12-10/h5H2,1-4H3. The molecule has 0 N–H and O–H groups in total. The van der Waals surface area contributed by atoms with Crippen LogP contribution in [0.4, 0.5) is 0 Å². The number of hydrogen-bond acceptors (Lipinski definition) is 1. The average Bonchev–Trinajstić information content (AvgIpc) is 2.40. The number of aryl methyl sites for hydroxylation is 1. The summed E-state index contributed by atoms with van der Waals surface area (Å²) in [5.74, 6) is 0. The highest BCUT2D eigenvalue weighted by Gasteiger charge is 2.20. The minimum Gasteiger partial charge on any atom is -0.144 e. The Morgan fingerprint density at radius 3 is 2.33 bits per heavy atom. The summed E-state index contributed by atoms with van der Waals surface area (Å²) in [5.41, 5.74) is 6.13. The molecule has 12 heavy (non-hydrogen) atoms. The Morgan fingerprint density at radius 1 is 1.08 bits per heavy atom. The van der Waals surface area contributed by atoms with Crippen molar-refractivity contribution in [1.29, 1.82) is 0 Å². The van der Waals surface area contributed by atoms with Crippen LogP contribution in [0.5, 0.6) is 0 Å². The Morgan fingerprint density at radius 2 is 1.75 bits per heavy atom. The predicted octanol–water partition coefficient (Wildman–Crippen LogP) is 3.71. The summed E-state index contributed by atoms with van der Waals surface area (Å²) in [7, 11) is 0. The van der Waals surface area contributed by atoms with E-state index in [1.807, 2.05) is 11.3 Å². The SMILES string of the molecule is CC1=C(C)c2c(sc(C)c2C)C1. The zero-order valence-corrected chi connectivity index (χ0v) is 8.93. The highest BCUT2D eigenvalue weighted by molar-refractivity contribution is 7.12. The molecule has 2 rings (SSSR count). The molecule has 0 fully saturated rings. The summed E-state index contributed by atoms with van der Waals surface area (Å²) in [4.78, 5) is 3.08. The number of rotatable bonds is 0. The van der Waals surface area contributed by atoms with E-state index in [1.165, 1.54) is 22.4 Å². The van der Waals surface area contributed by atoms with Crippen molar-refractivity contribution >= 4 is 16.9 Å².